The molecule has 3 rings (SSSR count). The second-order valence-electron chi connectivity index (χ2n) is 4.62. The van der Waals surface area contributed by atoms with Crippen LogP contribution in [0.2, 0.25) is 5.02 Å². The maximum atomic E-state index is 12.0. The van der Waals surface area contributed by atoms with Crippen molar-refractivity contribution >= 4 is 23.4 Å². The van der Waals surface area contributed by atoms with Gasteiger partial charge in [-0.2, -0.15) is 0 Å². The number of fused-ring (bicyclic) bond motifs is 1. The van der Waals surface area contributed by atoms with Gasteiger partial charge in [0.25, 0.3) is 0 Å². The monoisotopic (exact) mass is 266 g/mol. The van der Waals surface area contributed by atoms with E-state index < -0.39 is 0 Å². The van der Waals surface area contributed by atoms with E-state index in [2.05, 4.69) is 5.01 Å². The minimum Gasteiger partial charge on any atom is -0.443 e. The lowest BCUT2D eigenvalue weighted by Crippen LogP contribution is -2.51. The number of hydrazine groups is 1. The molecule has 2 aliphatic rings. The molecule has 0 unspecified atom stereocenters. The largest absolute Gasteiger partial charge is 0.443 e. The summed E-state index contributed by atoms with van der Waals surface area (Å²) >= 11 is 6.16. The lowest BCUT2D eigenvalue weighted by atomic mass is 10.1. The number of nitrogens with zero attached hydrogens (tertiary/aromatic N) is 2. The third-order valence-electron chi connectivity index (χ3n) is 3.45. The van der Waals surface area contributed by atoms with Crippen molar-refractivity contribution in [3.8, 4) is 0 Å². The summed E-state index contributed by atoms with van der Waals surface area (Å²) in [7, 11) is 0. The van der Waals surface area contributed by atoms with Crippen LogP contribution < -0.4 is 5.01 Å². The molecule has 0 aromatic heterocycles. The fraction of sp³-hybridized carbons (Fsp3) is 0.462. The number of amides is 1. The van der Waals surface area contributed by atoms with Gasteiger partial charge in [0.05, 0.1) is 5.69 Å². The molecule has 1 aromatic carbocycles. The highest BCUT2D eigenvalue weighted by atomic mass is 35.5. The van der Waals surface area contributed by atoms with Crippen molar-refractivity contribution in [3.63, 3.8) is 0 Å². The third kappa shape index (κ3) is 1.95. The summed E-state index contributed by atoms with van der Waals surface area (Å²) in [6, 6.07) is 5.63. The number of benzene rings is 1. The number of carbonyl (C=O) groups is 1. The Labute approximate surface area is 111 Å². The van der Waals surface area contributed by atoms with Gasteiger partial charge >= 0.3 is 6.09 Å². The summed E-state index contributed by atoms with van der Waals surface area (Å²) in [6.07, 6.45) is 3.15. The van der Waals surface area contributed by atoms with E-state index in [-0.39, 0.29) is 12.7 Å². The fourth-order valence-electron chi connectivity index (χ4n) is 2.53. The number of cyclic esters (lactones) is 1. The molecule has 1 fully saturated rings. The Bertz CT molecular complexity index is 472. The number of ether oxygens (including phenoxy) is 1. The van der Waals surface area contributed by atoms with E-state index in [0.29, 0.717) is 5.02 Å². The second-order valence-corrected chi connectivity index (χ2v) is 5.03. The number of anilines is 1. The van der Waals surface area contributed by atoms with Crippen molar-refractivity contribution in [1.82, 2.24) is 5.01 Å². The summed E-state index contributed by atoms with van der Waals surface area (Å²) in [5.41, 5.74) is 1.75. The minimum atomic E-state index is -0.299. The minimum absolute atomic E-state index is 0.262. The van der Waals surface area contributed by atoms with Crippen molar-refractivity contribution < 1.29 is 9.53 Å². The van der Waals surface area contributed by atoms with Crippen LogP contribution in [0.5, 0.6) is 0 Å². The molecule has 1 amide bonds. The Hall–Kier alpha value is -1.26. The van der Waals surface area contributed by atoms with E-state index in [9.17, 15) is 4.79 Å². The van der Waals surface area contributed by atoms with Gasteiger partial charge in [0.2, 0.25) is 0 Å². The van der Waals surface area contributed by atoms with E-state index in [1.54, 1.807) is 5.01 Å². The number of rotatable bonds is 1. The standard InChI is InChI=1S/C13H15ClN2O2/c14-11-5-4-6-12-10(11)9-18-13(17)16(12)15-7-2-1-3-8-15/h4-6H,1-3,7-9H2. The summed E-state index contributed by atoms with van der Waals surface area (Å²) in [5, 5.41) is 4.35. The Balaban J connectivity index is 1.98. The predicted molar refractivity (Wildman–Crippen MR) is 69.5 cm³/mol. The van der Waals surface area contributed by atoms with Crippen molar-refractivity contribution in [2.75, 3.05) is 18.1 Å². The van der Waals surface area contributed by atoms with Crippen LogP contribution in [0.25, 0.3) is 0 Å². The Morgan fingerprint density at radius 2 is 1.94 bits per heavy atom. The first-order chi connectivity index (χ1) is 8.77. The quantitative estimate of drug-likeness (QED) is 0.783. The SMILES string of the molecule is O=C1OCc2c(Cl)cccc2N1N1CCCCC1. The lowest BCUT2D eigenvalue weighted by Gasteiger charge is -2.39. The Morgan fingerprint density at radius 1 is 1.17 bits per heavy atom. The van der Waals surface area contributed by atoms with Gasteiger partial charge in [0.15, 0.2) is 0 Å². The highest BCUT2D eigenvalue weighted by Crippen LogP contribution is 2.34. The number of carbonyl (C=O) groups excluding carboxylic acids is 1. The van der Waals surface area contributed by atoms with Gasteiger partial charge < -0.3 is 4.74 Å². The summed E-state index contributed by atoms with van der Waals surface area (Å²) in [5.74, 6) is 0. The molecule has 2 aliphatic heterocycles. The van der Waals surface area contributed by atoms with E-state index in [1.807, 2.05) is 18.2 Å². The van der Waals surface area contributed by atoms with Crippen molar-refractivity contribution in [3.05, 3.63) is 28.8 Å². The van der Waals surface area contributed by atoms with Crippen LogP contribution in [0.4, 0.5) is 10.5 Å². The van der Waals surface area contributed by atoms with Gasteiger partial charge in [0.1, 0.15) is 6.61 Å². The van der Waals surface area contributed by atoms with Crippen LogP contribution >= 0.6 is 11.6 Å². The number of piperidine rings is 1. The third-order valence-corrected chi connectivity index (χ3v) is 3.80. The molecule has 0 spiro atoms. The number of hydrogen-bond donors (Lipinski definition) is 0. The number of hydrogen-bond acceptors (Lipinski definition) is 3. The van der Waals surface area contributed by atoms with Crippen LogP contribution in [0.1, 0.15) is 24.8 Å². The molecule has 1 aromatic rings. The van der Waals surface area contributed by atoms with Gasteiger partial charge in [-0.05, 0) is 25.0 Å². The molecule has 0 saturated carbocycles. The molecule has 96 valence electrons. The molecule has 18 heavy (non-hydrogen) atoms. The first-order valence-electron chi connectivity index (χ1n) is 6.26. The lowest BCUT2D eigenvalue weighted by molar-refractivity contribution is 0.108. The van der Waals surface area contributed by atoms with E-state index in [4.69, 9.17) is 16.3 Å². The molecule has 4 nitrogen and oxygen atoms in total. The van der Waals surface area contributed by atoms with Crippen LogP contribution in [-0.4, -0.2) is 24.2 Å². The highest BCUT2D eigenvalue weighted by molar-refractivity contribution is 6.31. The van der Waals surface area contributed by atoms with Crippen LogP contribution in [0.15, 0.2) is 18.2 Å². The fourth-order valence-corrected chi connectivity index (χ4v) is 2.75. The smallest absolute Gasteiger partial charge is 0.429 e. The Morgan fingerprint density at radius 3 is 2.72 bits per heavy atom. The maximum Gasteiger partial charge on any atom is 0.429 e. The van der Waals surface area contributed by atoms with Gasteiger partial charge in [-0.3, -0.25) is 0 Å². The molecule has 0 bridgehead atoms. The van der Waals surface area contributed by atoms with Crippen molar-refractivity contribution in [1.29, 1.82) is 0 Å². The molecule has 0 radical (unpaired) electrons. The molecular formula is C13H15ClN2O2. The van der Waals surface area contributed by atoms with Crippen LogP contribution in [0.3, 0.4) is 0 Å². The predicted octanol–water partition coefficient (Wildman–Crippen LogP) is 3.20. The summed E-state index contributed by atoms with van der Waals surface area (Å²) < 4.78 is 5.21. The maximum absolute atomic E-state index is 12.0. The second kappa shape index (κ2) is 4.78. The average molecular weight is 267 g/mol. The summed E-state index contributed by atoms with van der Waals surface area (Å²) in [6.45, 7) is 2.04. The molecule has 2 heterocycles. The highest BCUT2D eigenvalue weighted by Gasteiger charge is 2.32. The van der Waals surface area contributed by atoms with Crippen LogP contribution in [0, 0.1) is 0 Å². The van der Waals surface area contributed by atoms with Gasteiger partial charge in [-0.25, -0.2) is 14.8 Å². The molecule has 0 aliphatic carbocycles. The number of halogens is 1. The van der Waals surface area contributed by atoms with Crippen molar-refractivity contribution in [2.24, 2.45) is 0 Å². The van der Waals surface area contributed by atoms with Gasteiger partial charge in [0, 0.05) is 23.7 Å². The first kappa shape index (κ1) is 11.8. The molecule has 0 atom stereocenters. The molecule has 0 N–H and O–H groups in total. The average Bonchev–Trinajstić information content (AvgIpc) is 2.40. The van der Waals surface area contributed by atoms with Gasteiger partial charge in [-0.15, -0.1) is 0 Å². The van der Waals surface area contributed by atoms with E-state index in [0.717, 1.165) is 37.2 Å². The normalized spacial score (nSPS) is 20.5. The zero-order valence-electron chi connectivity index (χ0n) is 10.1. The zero-order valence-corrected chi connectivity index (χ0v) is 10.8. The van der Waals surface area contributed by atoms with Gasteiger partial charge in [-0.1, -0.05) is 24.1 Å². The first-order valence-corrected chi connectivity index (χ1v) is 6.64. The van der Waals surface area contributed by atoms with Crippen molar-refractivity contribution in [2.45, 2.75) is 25.9 Å². The van der Waals surface area contributed by atoms with E-state index >= 15 is 0 Å². The van der Waals surface area contributed by atoms with Crippen LogP contribution in [-0.2, 0) is 11.3 Å². The van der Waals surface area contributed by atoms with E-state index in [1.165, 1.54) is 6.42 Å². The zero-order chi connectivity index (χ0) is 12.5. The molecule has 5 heteroatoms. The molecule has 1 saturated heterocycles. The Kier molecular flexibility index (Phi) is 3.14. The summed E-state index contributed by atoms with van der Waals surface area (Å²) in [4.78, 5) is 12.0. The molecular weight excluding hydrogens is 252 g/mol. The topological polar surface area (TPSA) is 32.8 Å².